The molecule has 16 heavy (non-hydrogen) atoms. The summed E-state index contributed by atoms with van der Waals surface area (Å²) in [5, 5.41) is 16.9. The summed E-state index contributed by atoms with van der Waals surface area (Å²) >= 11 is 0. The Labute approximate surface area is 88.3 Å². The van der Waals surface area contributed by atoms with Crippen LogP contribution in [0, 0.1) is 28.5 Å². The van der Waals surface area contributed by atoms with Gasteiger partial charge in [-0.1, -0.05) is 0 Å². The average Bonchev–Trinajstić information content (AvgIpc) is 2.16. The van der Waals surface area contributed by atoms with Crippen molar-refractivity contribution in [1.82, 2.24) is 0 Å². The van der Waals surface area contributed by atoms with Crippen molar-refractivity contribution in [3.05, 3.63) is 34.6 Å². The van der Waals surface area contributed by atoms with Crippen LogP contribution in [0.4, 0.5) is 17.6 Å². The molecule has 6 heteroatoms. The van der Waals surface area contributed by atoms with E-state index in [-0.39, 0.29) is 5.56 Å². The summed E-state index contributed by atoms with van der Waals surface area (Å²) in [6.45, 7) is 0. The second-order valence-corrected chi connectivity index (χ2v) is 2.89. The minimum atomic E-state index is -4.91. The van der Waals surface area contributed by atoms with Gasteiger partial charge >= 0.3 is 6.18 Å². The van der Waals surface area contributed by atoms with Gasteiger partial charge in [0.25, 0.3) is 0 Å². The number of hydrogen-bond acceptors (Lipinski definition) is 2. The van der Waals surface area contributed by atoms with Crippen molar-refractivity contribution >= 4 is 0 Å². The van der Waals surface area contributed by atoms with E-state index < -0.39 is 29.5 Å². The van der Waals surface area contributed by atoms with Gasteiger partial charge in [0.1, 0.15) is 5.82 Å². The van der Waals surface area contributed by atoms with E-state index >= 15 is 0 Å². The number of hydrogen-bond donors (Lipinski definition) is 0. The number of benzene rings is 1. The van der Waals surface area contributed by atoms with Crippen LogP contribution in [-0.4, -0.2) is 0 Å². The van der Waals surface area contributed by atoms with Gasteiger partial charge in [0.15, 0.2) is 0 Å². The predicted molar refractivity (Wildman–Crippen MR) is 45.4 cm³/mol. The third-order valence-electron chi connectivity index (χ3n) is 1.92. The zero-order chi connectivity index (χ0) is 12.3. The first-order chi connectivity index (χ1) is 7.41. The number of nitriles is 2. The minimum Gasteiger partial charge on any atom is -0.206 e. The minimum absolute atomic E-state index is 0.338. The van der Waals surface area contributed by atoms with Gasteiger partial charge in [-0.25, -0.2) is 4.39 Å². The molecule has 0 heterocycles. The highest BCUT2D eigenvalue weighted by Gasteiger charge is 2.37. The van der Waals surface area contributed by atoms with Gasteiger partial charge in [-0.05, 0) is 17.7 Å². The molecule has 1 aromatic rings. The largest absolute Gasteiger partial charge is 0.419 e. The highest BCUT2D eigenvalue weighted by Crippen LogP contribution is 2.35. The maximum absolute atomic E-state index is 13.0. The summed E-state index contributed by atoms with van der Waals surface area (Å²) < 4.78 is 50.5. The van der Waals surface area contributed by atoms with Crippen molar-refractivity contribution in [2.45, 2.75) is 12.6 Å². The highest BCUT2D eigenvalue weighted by molar-refractivity contribution is 5.46. The summed E-state index contributed by atoms with van der Waals surface area (Å²) in [6, 6.07) is 4.48. The molecule has 0 fully saturated rings. The van der Waals surface area contributed by atoms with E-state index in [1.807, 2.05) is 0 Å². The van der Waals surface area contributed by atoms with Crippen molar-refractivity contribution in [2.24, 2.45) is 0 Å². The summed E-state index contributed by atoms with van der Waals surface area (Å²) in [5.74, 6) is -1.48. The maximum Gasteiger partial charge on any atom is 0.419 e. The van der Waals surface area contributed by atoms with Crippen LogP contribution in [0.15, 0.2) is 12.1 Å². The van der Waals surface area contributed by atoms with Crippen LogP contribution in [0.5, 0.6) is 0 Å². The lowest BCUT2D eigenvalue weighted by atomic mass is 9.98. The summed E-state index contributed by atoms with van der Waals surface area (Å²) in [4.78, 5) is 0. The second-order valence-electron chi connectivity index (χ2n) is 2.89. The smallest absolute Gasteiger partial charge is 0.206 e. The topological polar surface area (TPSA) is 47.6 Å². The Balaban J connectivity index is 3.57. The van der Waals surface area contributed by atoms with Gasteiger partial charge in [-0.15, -0.1) is 0 Å². The molecule has 0 amide bonds. The van der Waals surface area contributed by atoms with Crippen LogP contribution >= 0.6 is 0 Å². The number of nitrogens with zero attached hydrogens (tertiary/aromatic N) is 2. The Morgan fingerprint density at radius 1 is 1.19 bits per heavy atom. The maximum atomic E-state index is 13.0. The molecule has 0 N–H and O–H groups in total. The highest BCUT2D eigenvalue weighted by atomic mass is 19.4. The lowest BCUT2D eigenvalue weighted by Gasteiger charge is -2.12. The fourth-order valence-corrected chi connectivity index (χ4v) is 1.29. The molecule has 0 aliphatic carbocycles. The van der Waals surface area contributed by atoms with Crippen molar-refractivity contribution in [3.8, 4) is 12.1 Å². The third kappa shape index (κ3) is 2.12. The molecular weight excluding hydrogens is 224 g/mol. The molecule has 0 saturated carbocycles. The van der Waals surface area contributed by atoms with Crippen LogP contribution in [0.2, 0.25) is 0 Å². The quantitative estimate of drug-likeness (QED) is 0.694. The fraction of sp³-hybridized carbons (Fsp3) is 0.200. The third-order valence-corrected chi connectivity index (χ3v) is 1.92. The average molecular weight is 228 g/mol. The summed E-state index contributed by atoms with van der Waals surface area (Å²) in [5.41, 5.74) is -2.49. The van der Waals surface area contributed by atoms with E-state index in [4.69, 9.17) is 10.5 Å². The molecular formula is C10H4F4N2. The Hall–Kier alpha value is -2.08. The Morgan fingerprint density at radius 2 is 1.81 bits per heavy atom. The molecule has 0 radical (unpaired) electrons. The lowest BCUT2D eigenvalue weighted by molar-refractivity contribution is -0.140. The van der Waals surface area contributed by atoms with Crippen molar-refractivity contribution in [3.63, 3.8) is 0 Å². The fourth-order valence-electron chi connectivity index (χ4n) is 1.29. The number of alkyl halides is 3. The van der Waals surface area contributed by atoms with Crippen LogP contribution < -0.4 is 0 Å². The van der Waals surface area contributed by atoms with E-state index in [1.54, 1.807) is 0 Å². The Kier molecular flexibility index (Phi) is 3.14. The summed E-state index contributed by atoms with van der Waals surface area (Å²) in [6.07, 6.45) is -5.57. The monoisotopic (exact) mass is 228 g/mol. The van der Waals surface area contributed by atoms with Crippen LogP contribution in [0.3, 0.4) is 0 Å². The van der Waals surface area contributed by atoms with Gasteiger partial charge in [-0.3, -0.25) is 0 Å². The van der Waals surface area contributed by atoms with Gasteiger partial charge in [0.2, 0.25) is 0 Å². The Morgan fingerprint density at radius 3 is 2.25 bits per heavy atom. The van der Waals surface area contributed by atoms with Crippen molar-refractivity contribution < 1.29 is 17.6 Å². The van der Waals surface area contributed by atoms with Crippen molar-refractivity contribution in [1.29, 1.82) is 10.5 Å². The van der Waals surface area contributed by atoms with E-state index in [0.29, 0.717) is 6.07 Å². The van der Waals surface area contributed by atoms with E-state index in [9.17, 15) is 17.6 Å². The van der Waals surface area contributed by atoms with Crippen molar-refractivity contribution in [2.75, 3.05) is 0 Å². The molecule has 82 valence electrons. The molecule has 0 aromatic heterocycles. The van der Waals surface area contributed by atoms with E-state index in [0.717, 1.165) is 6.07 Å². The zero-order valence-electron chi connectivity index (χ0n) is 7.77. The molecule has 0 bridgehead atoms. The normalized spacial score (nSPS) is 10.6. The number of rotatable bonds is 1. The molecule has 1 rings (SSSR count). The van der Waals surface area contributed by atoms with Crippen LogP contribution in [0.1, 0.15) is 16.7 Å². The van der Waals surface area contributed by atoms with Gasteiger partial charge in [0, 0.05) is 0 Å². The first kappa shape index (κ1) is 12.0. The standard InChI is InChI=1S/C10H4F4N2/c11-8-2-1-6(5-16)7(3-4-15)9(8)10(12,13)14/h1-2H,3H2. The zero-order valence-corrected chi connectivity index (χ0v) is 7.77. The predicted octanol–water partition coefficient (Wildman–Crippen LogP) is 2.78. The molecule has 2 nitrogen and oxygen atoms in total. The molecule has 0 aliphatic rings. The SMILES string of the molecule is N#CCc1c(C#N)ccc(F)c1C(F)(F)F. The molecule has 0 saturated heterocycles. The first-order valence-electron chi connectivity index (χ1n) is 4.07. The number of halogens is 4. The molecule has 0 unspecified atom stereocenters. The van der Waals surface area contributed by atoms with Gasteiger partial charge in [-0.2, -0.15) is 23.7 Å². The van der Waals surface area contributed by atoms with Crippen LogP contribution in [0.25, 0.3) is 0 Å². The van der Waals surface area contributed by atoms with E-state index in [1.165, 1.54) is 12.1 Å². The molecule has 0 atom stereocenters. The second kappa shape index (κ2) is 4.19. The molecule has 0 spiro atoms. The molecule has 0 aliphatic heterocycles. The van der Waals surface area contributed by atoms with Gasteiger partial charge < -0.3 is 0 Å². The summed E-state index contributed by atoms with van der Waals surface area (Å²) in [7, 11) is 0. The Bertz CT molecular complexity index is 491. The van der Waals surface area contributed by atoms with Gasteiger partial charge in [0.05, 0.1) is 29.7 Å². The molecule has 1 aromatic carbocycles. The van der Waals surface area contributed by atoms with E-state index in [2.05, 4.69) is 0 Å². The first-order valence-corrected chi connectivity index (χ1v) is 4.07. The lowest BCUT2D eigenvalue weighted by Crippen LogP contribution is -2.13. The van der Waals surface area contributed by atoms with Crippen LogP contribution in [-0.2, 0) is 12.6 Å².